The van der Waals surface area contributed by atoms with Crippen molar-refractivity contribution in [2.45, 2.75) is 18.4 Å². The molecular formula is C7H13O7P. The molecule has 0 saturated carbocycles. The third kappa shape index (κ3) is 6.82. The maximum atomic E-state index is 10.3. The van der Waals surface area contributed by atoms with Gasteiger partial charge in [0.1, 0.15) is 0 Å². The SMILES string of the molecule is CP.O=C(O)CC(O)(CC(=O)O)C(=O)O. The predicted octanol–water partition coefficient (Wildman–Crippen LogP) is -0.757. The van der Waals surface area contributed by atoms with E-state index in [0.717, 1.165) is 0 Å². The Kier molecular flexibility index (Phi) is 7.73. The van der Waals surface area contributed by atoms with Crippen molar-refractivity contribution in [2.75, 3.05) is 6.66 Å². The van der Waals surface area contributed by atoms with Crippen molar-refractivity contribution in [1.82, 2.24) is 0 Å². The Morgan fingerprint density at radius 1 is 1.00 bits per heavy atom. The highest BCUT2D eigenvalue weighted by Crippen LogP contribution is 2.15. The summed E-state index contributed by atoms with van der Waals surface area (Å²) in [6, 6.07) is 0. The average Bonchev–Trinajstić information content (AvgIpc) is 2.04. The molecule has 0 heterocycles. The normalized spacial score (nSPS) is 9.80. The van der Waals surface area contributed by atoms with Crippen LogP contribution in [-0.2, 0) is 14.4 Å². The smallest absolute Gasteiger partial charge is 0.336 e. The number of rotatable bonds is 5. The first-order valence-corrected chi connectivity index (χ1v) is 4.90. The Labute approximate surface area is 87.9 Å². The van der Waals surface area contributed by atoms with Gasteiger partial charge in [0.25, 0.3) is 0 Å². The second kappa shape index (κ2) is 7.14. The van der Waals surface area contributed by atoms with Gasteiger partial charge in [-0.1, -0.05) is 6.66 Å². The molecule has 8 heteroatoms. The van der Waals surface area contributed by atoms with Crippen LogP contribution in [0.15, 0.2) is 0 Å². The lowest BCUT2D eigenvalue weighted by Crippen LogP contribution is -2.42. The summed E-state index contributed by atoms with van der Waals surface area (Å²) in [5.74, 6) is -5.02. The number of carboxylic acid groups (broad SMARTS) is 3. The molecule has 0 bridgehead atoms. The van der Waals surface area contributed by atoms with Gasteiger partial charge in [-0.25, -0.2) is 4.79 Å². The summed E-state index contributed by atoms with van der Waals surface area (Å²) in [6.45, 7) is 1.92. The van der Waals surface area contributed by atoms with Crippen LogP contribution < -0.4 is 0 Å². The van der Waals surface area contributed by atoms with E-state index in [9.17, 15) is 14.4 Å². The van der Waals surface area contributed by atoms with Crippen LogP contribution >= 0.6 is 9.24 Å². The van der Waals surface area contributed by atoms with Crippen molar-refractivity contribution in [1.29, 1.82) is 0 Å². The van der Waals surface area contributed by atoms with Gasteiger partial charge in [-0.2, -0.15) is 0 Å². The van der Waals surface area contributed by atoms with Crippen LogP contribution in [0.1, 0.15) is 12.8 Å². The van der Waals surface area contributed by atoms with Crippen molar-refractivity contribution in [2.24, 2.45) is 0 Å². The summed E-state index contributed by atoms with van der Waals surface area (Å²) in [7, 11) is 2.42. The molecule has 0 amide bonds. The monoisotopic (exact) mass is 240 g/mol. The molecule has 0 radical (unpaired) electrons. The van der Waals surface area contributed by atoms with Crippen LogP contribution in [0.4, 0.5) is 0 Å². The van der Waals surface area contributed by atoms with Crippen LogP contribution in [0.3, 0.4) is 0 Å². The molecule has 1 atom stereocenters. The first-order valence-electron chi connectivity index (χ1n) is 3.75. The minimum Gasteiger partial charge on any atom is -0.481 e. The number of aliphatic hydroxyl groups is 1. The quantitative estimate of drug-likeness (QED) is 0.464. The van der Waals surface area contributed by atoms with E-state index in [1.54, 1.807) is 0 Å². The Balaban J connectivity index is 0. The predicted molar refractivity (Wildman–Crippen MR) is 52.7 cm³/mol. The van der Waals surface area contributed by atoms with Gasteiger partial charge < -0.3 is 20.4 Å². The maximum Gasteiger partial charge on any atom is 0.336 e. The zero-order valence-corrected chi connectivity index (χ0v) is 9.16. The summed E-state index contributed by atoms with van der Waals surface area (Å²) >= 11 is 0. The van der Waals surface area contributed by atoms with Gasteiger partial charge in [0.15, 0.2) is 5.60 Å². The van der Waals surface area contributed by atoms with E-state index in [1.807, 2.05) is 6.66 Å². The van der Waals surface area contributed by atoms with E-state index < -0.39 is 36.4 Å². The van der Waals surface area contributed by atoms with Gasteiger partial charge in [-0.3, -0.25) is 9.59 Å². The molecule has 7 nitrogen and oxygen atoms in total. The first-order chi connectivity index (χ1) is 6.78. The zero-order chi connectivity index (χ0) is 12.6. The number of hydrogen-bond acceptors (Lipinski definition) is 4. The highest BCUT2D eigenvalue weighted by Gasteiger charge is 2.40. The second-order valence-corrected chi connectivity index (χ2v) is 2.48. The molecule has 0 aromatic heterocycles. The Morgan fingerprint density at radius 2 is 1.27 bits per heavy atom. The fourth-order valence-corrected chi connectivity index (χ4v) is 0.714. The molecule has 0 aromatic rings. The van der Waals surface area contributed by atoms with E-state index >= 15 is 0 Å². The van der Waals surface area contributed by atoms with Gasteiger partial charge in [-0.05, 0) is 0 Å². The van der Waals surface area contributed by atoms with Gasteiger partial charge in [-0.15, -0.1) is 9.24 Å². The minimum atomic E-state index is -2.74. The third-order valence-corrected chi connectivity index (χ3v) is 1.29. The highest BCUT2D eigenvalue weighted by molar-refractivity contribution is 7.15. The molecule has 0 spiro atoms. The summed E-state index contributed by atoms with van der Waals surface area (Å²) in [6.07, 6.45) is -2.29. The van der Waals surface area contributed by atoms with Crippen molar-refractivity contribution in [3.8, 4) is 0 Å². The van der Waals surface area contributed by atoms with Crippen LogP contribution in [0.5, 0.6) is 0 Å². The lowest BCUT2D eigenvalue weighted by atomic mass is 9.96. The van der Waals surface area contributed by atoms with E-state index in [0.29, 0.717) is 0 Å². The topological polar surface area (TPSA) is 132 Å². The molecule has 4 N–H and O–H groups in total. The number of hydrogen-bond donors (Lipinski definition) is 4. The summed E-state index contributed by atoms with van der Waals surface area (Å²) in [4.78, 5) is 30.5. The van der Waals surface area contributed by atoms with Crippen molar-refractivity contribution < 1.29 is 34.8 Å². The fourth-order valence-electron chi connectivity index (χ4n) is 0.714. The number of aliphatic carboxylic acids is 3. The summed E-state index contributed by atoms with van der Waals surface area (Å²) in [5.41, 5.74) is -2.74. The van der Waals surface area contributed by atoms with Crippen LogP contribution in [0, 0.1) is 0 Å². The third-order valence-electron chi connectivity index (χ3n) is 1.29. The molecular weight excluding hydrogens is 227 g/mol. The van der Waals surface area contributed by atoms with E-state index in [4.69, 9.17) is 20.4 Å². The minimum absolute atomic E-state index is 1.14. The van der Waals surface area contributed by atoms with Crippen LogP contribution in [-0.4, -0.2) is 50.6 Å². The molecule has 15 heavy (non-hydrogen) atoms. The molecule has 0 aliphatic rings. The lowest BCUT2D eigenvalue weighted by Gasteiger charge is -2.18. The molecule has 0 aliphatic carbocycles. The maximum absolute atomic E-state index is 10.3. The standard InChI is InChI=1S/C6H8O7.CH5P/c7-3(8)1-6(13,5(11)12)2-4(9)10;1-2/h13H,1-2H2,(H,7,8)(H,9,10)(H,11,12);2H2,1H3. The zero-order valence-electron chi connectivity index (χ0n) is 8.01. The largest absolute Gasteiger partial charge is 0.481 e. The molecule has 88 valence electrons. The first kappa shape index (κ1) is 16.2. The van der Waals surface area contributed by atoms with Crippen LogP contribution in [0.25, 0.3) is 0 Å². The van der Waals surface area contributed by atoms with Gasteiger partial charge in [0.2, 0.25) is 0 Å². The van der Waals surface area contributed by atoms with Crippen LogP contribution in [0.2, 0.25) is 0 Å². The number of carbonyl (C=O) groups is 3. The molecule has 0 aromatic carbocycles. The Bertz CT molecular complexity index is 234. The lowest BCUT2D eigenvalue weighted by molar-refractivity contribution is -0.170. The van der Waals surface area contributed by atoms with Crippen molar-refractivity contribution >= 4 is 27.1 Å². The summed E-state index contributed by atoms with van der Waals surface area (Å²) < 4.78 is 0. The Morgan fingerprint density at radius 3 is 1.40 bits per heavy atom. The van der Waals surface area contributed by atoms with Gasteiger partial charge in [0.05, 0.1) is 12.8 Å². The molecule has 1 unspecified atom stereocenters. The molecule has 0 saturated heterocycles. The van der Waals surface area contributed by atoms with E-state index in [-0.39, 0.29) is 0 Å². The summed E-state index contributed by atoms with van der Waals surface area (Å²) in [5, 5.41) is 33.8. The van der Waals surface area contributed by atoms with Gasteiger partial charge in [0, 0.05) is 0 Å². The molecule has 0 rings (SSSR count). The van der Waals surface area contributed by atoms with Crippen molar-refractivity contribution in [3.05, 3.63) is 0 Å². The molecule has 0 aliphatic heterocycles. The number of carboxylic acids is 3. The van der Waals surface area contributed by atoms with Gasteiger partial charge >= 0.3 is 17.9 Å². The van der Waals surface area contributed by atoms with Crippen molar-refractivity contribution in [3.63, 3.8) is 0 Å². The second-order valence-electron chi connectivity index (χ2n) is 2.48. The van der Waals surface area contributed by atoms with E-state index in [1.165, 1.54) is 0 Å². The van der Waals surface area contributed by atoms with E-state index in [2.05, 4.69) is 9.24 Å². The highest BCUT2D eigenvalue weighted by atomic mass is 31.0. The Hall–Kier alpha value is -1.20. The average molecular weight is 240 g/mol. The fraction of sp³-hybridized carbons (Fsp3) is 0.571. The molecule has 0 fully saturated rings.